The van der Waals surface area contributed by atoms with Gasteiger partial charge < -0.3 is 14.8 Å². The van der Waals surface area contributed by atoms with Gasteiger partial charge in [0.05, 0.1) is 19.3 Å². The molecule has 0 bridgehead atoms. The monoisotopic (exact) mass is 386 g/mol. The van der Waals surface area contributed by atoms with Crippen molar-refractivity contribution in [1.82, 2.24) is 4.90 Å². The maximum atomic E-state index is 13.1. The molecule has 1 heterocycles. The van der Waals surface area contributed by atoms with Crippen LogP contribution in [0.1, 0.15) is 24.4 Å². The summed E-state index contributed by atoms with van der Waals surface area (Å²) in [5.41, 5.74) is 1.53. The van der Waals surface area contributed by atoms with Crippen LogP contribution in [0, 0.1) is 5.82 Å². The van der Waals surface area contributed by atoms with E-state index in [0.29, 0.717) is 18.9 Å². The van der Waals surface area contributed by atoms with Crippen molar-refractivity contribution in [2.24, 2.45) is 0 Å². The predicted octanol–water partition coefficient (Wildman–Crippen LogP) is 3.63. The first kappa shape index (κ1) is 20.5. The van der Waals surface area contributed by atoms with Gasteiger partial charge in [-0.25, -0.2) is 4.39 Å². The predicted molar refractivity (Wildman–Crippen MR) is 107 cm³/mol. The molecule has 1 aliphatic rings. The molecule has 1 saturated heterocycles. The highest BCUT2D eigenvalue weighted by Gasteiger charge is 2.31. The van der Waals surface area contributed by atoms with Gasteiger partial charge in [0.15, 0.2) is 0 Å². The maximum Gasteiger partial charge on any atom is 0.246 e. The number of halogens is 1. The number of piperidine rings is 1. The molecule has 3 rings (SSSR count). The number of hydrogen-bond acceptors (Lipinski definition) is 4. The minimum Gasteiger partial charge on any atom is -0.382 e. The van der Waals surface area contributed by atoms with E-state index < -0.39 is 6.04 Å². The van der Waals surface area contributed by atoms with Crippen molar-refractivity contribution in [2.45, 2.75) is 25.0 Å². The second kappa shape index (κ2) is 10.3. The van der Waals surface area contributed by atoms with E-state index in [0.717, 1.165) is 31.5 Å². The maximum absolute atomic E-state index is 13.1. The van der Waals surface area contributed by atoms with Crippen LogP contribution < -0.4 is 5.32 Å². The largest absolute Gasteiger partial charge is 0.382 e. The van der Waals surface area contributed by atoms with Gasteiger partial charge in [0.25, 0.3) is 0 Å². The quantitative estimate of drug-likeness (QED) is 0.704. The van der Waals surface area contributed by atoms with Gasteiger partial charge in [-0.3, -0.25) is 9.69 Å². The van der Waals surface area contributed by atoms with E-state index in [9.17, 15) is 9.18 Å². The van der Waals surface area contributed by atoms with Gasteiger partial charge in [-0.15, -0.1) is 0 Å². The highest BCUT2D eigenvalue weighted by atomic mass is 19.1. The van der Waals surface area contributed by atoms with Crippen LogP contribution >= 0.6 is 0 Å². The number of nitrogens with zero attached hydrogens (tertiary/aromatic N) is 1. The Bertz CT molecular complexity index is 731. The average molecular weight is 386 g/mol. The normalized spacial score (nSPS) is 16.6. The van der Waals surface area contributed by atoms with E-state index in [1.807, 2.05) is 30.3 Å². The lowest BCUT2D eigenvalue weighted by atomic mass is 9.99. The highest BCUT2D eigenvalue weighted by molar-refractivity contribution is 5.95. The van der Waals surface area contributed by atoms with Crippen molar-refractivity contribution < 1.29 is 18.7 Å². The molecule has 1 aliphatic heterocycles. The Hall–Kier alpha value is -2.28. The fourth-order valence-corrected chi connectivity index (χ4v) is 3.51. The van der Waals surface area contributed by atoms with Gasteiger partial charge in [-0.2, -0.15) is 0 Å². The molecule has 6 heteroatoms. The molecule has 1 N–H and O–H groups in total. The first-order valence-corrected chi connectivity index (χ1v) is 9.63. The molecule has 1 unspecified atom stereocenters. The van der Waals surface area contributed by atoms with Crippen LogP contribution in [0.25, 0.3) is 0 Å². The molecule has 2 aromatic rings. The van der Waals surface area contributed by atoms with E-state index in [1.54, 1.807) is 19.2 Å². The van der Waals surface area contributed by atoms with Crippen molar-refractivity contribution in [1.29, 1.82) is 0 Å². The Morgan fingerprint density at radius 1 is 1.11 bits per heavy atom. The smallest absolute Gasteiger partial charge is 0.246 e. The zero-order valence-corrected chi connectivity index (χ0v) is 16.1. The summed E-state index contributed by atoms with van der Waals surface area (Å²) >= 11 is 0. The Labute approximate surface area is 165 Å². The minimum absolute atomic E-state index is 0.114. The molecule has 0 saturated carbocycles. The first-order valence-electron chi connectivity index (χ1n) is 9.63. The molecule has 28 heavy (non-hydrogen) atoms. The van der Waals surface area contributed by atoms with E-state index >= 15 is 0 Å². The molecule has 0 spiro atoms. The summed E-state index contributed by atoms with van der Waals surface area (Å²) in [7, 11) is 1.66. The van der Waals surface area contributed by atoms with E-state index in [-0.39, 0.29) is 17.8 Å². The van der Waals surface area contributed by atoms with Crippen LogP contribution in [-0.2, 0) is 14.3 Å². The fourth-order valence-electron chi connectivity index (χ4n) is 3.51. The van der Waals surface area contributed by atoms with Gasteiger partial charge in [0, 0.05) is 25.9 Å². The van der Waals surface area contributed by atoms with Gasteiger partial charge in [-0.05, 0) is 42.7 Å². The Morgan fingerprint density at radius 2 is 1.79 bits per heavy atom. The minimum atomic E-state index is -0.397. The van der Waals surface area contributed by atoms with Crippen molar-refractivity contribution in [3.05, 3.63) is 66.0 Å². The number of amides is 1. The lowest BCUT2D eigenvalue weighted by Crippen LogP contribution is -2.44. The summed E-state index contributed by atoms with van der Waals surface area (Å²) in [4.78, 5) is 15.3. The summed E-state index contributed by atoms with van der Waals surface area (Å²) in [6.45, 7) is 2.73. The fraction of sp³-hybridized carbons (Fsp3) is 0.409. The highest BCUT2D eigenvalue weighted by Crippen LogP contribution is 2.27. The third-order valence-corrected chi connectivity index (χ3v) is 4.96. The van der Waals surface area contributed by atoms with E-state index in [4.69, 9.17) is 9.47 Å². The van der Waals surface area contributed by atoms with Gasteiger partial charge in [0.2, 0.25) is 5.91 Å². The number of carbonyl (C=O) groups excluding carboxylic acids is 1. The molecular weight excluding hydrogens is 359 g/mol. The number of likely N-dealkylation sites (tertiary alicyclic amines) is 1. The average Bonchev–Trinajstić information content (AvgIpc) is 2.72. The molecule has 2 aromatic carbocycles. The van der Waals surface area contributed by atoms with Crippen LogP contribution in [0.15, 0.2) is 54.6 Å². The standard InChI is InChI=1S/C22H27FN2O3/c1-27-15-16-28-20-11-13-25(14-12-20)21(17-5-3-2-4-6-17)22(26)24-19-9-7-18(23)8-10-19/h2-10,20-21H,11-16H2,1H3,(H,24,26). The number of carbonyl (C=O) groups is 1. The van der Waals surface area contributed by atoms with Crippen molar-refractivity contribution in [2.75, 3.05) is 38.7 Å². The Balaban J connectivity index is 1.68. The number of ether oxygens (including phenoxy) is 2. The molecule has 1 amide bonds. The van der Waals surface area contributed by atoms with Crippen molar-refractivity contribution >= 4 is 11.6 Å². The number of benzene rings is 2. The third kappa shape index (κ3) is 5.61. The van der Waals surface area contributed by atoms with Crippen LogP contribution in [0.4, 0.5) is 10.1 Å². The molecule has 0 aliphatic carbocycles. The number of anilines is 1. The lowest BCUT2D eigenvalue weighted by Gasteiger charge is -2.37. The molecule has 1 fully saturated rings. The number of rotatable bonds is 8. The molecule has 0 radical (unpaired) electrons. The number of nitrogens with one attached hydrogen (secondary N) is 1. The van der Waals surface area contributed by atoms with Crippen LogP contribution in [-0.4, -0.2) is 50.3 Å². The van der Waals surface area contributed by atoms with Crippen LogP contribution in [0.3, 0.4) is 0 Å². The molecule has 5 nitrogen and oxygen atoms in total. The SMILES string of the molecule is COCCOC1CCN(C(C(=O)Nc2ccc(F)cc2)c2ccccc2)CC1. The Kier molecular flexibility index (Phi) is 7.54. The van der Waals surface area contributed by atoms with Crippen molar-refractivity contribution in [3.63, 3.8) is 0 Å². The third-order valence-electron chi connectivity index (χ3n) is 4.96. The van der Waals surface area contributed by atoms with Gasteiger partial charge >= 0.3 is 0 Å². The molecular formula is C22H27FN2O3. The molecule has 1 atom stereocenters. The van der Waals surface area contributed by atoms with Gasteiger partial charge in [-0.1, -0.05) is 30.3 Å². The summed E-state index contributed by atoms with van der Waals surface area (Å²) in [6.07, 6.45) is 1.94. The number of hydrogen-bond donors (Lipinski definition) is 1. The summed E-state index contributed by atoms with van der Waals surface area (Å²) < 4.78 is 24.0. The molecule has 0 aromatic heterocycles. The van der Waals surface area contributed by atoms with Gasteiger partial charge in [0.1, 0.15) is 11.9 Å². The second-order valence-electron chi connectivity index (χ2n) is 6.91. The summed E-state index contributed by atoms with van der Waals surface area (Å²) in [6, 6.07) is 15.2. The summed E-state index contributed by atoms with van der Waals surface area (Å²) in [5.74, 6) is -0.440. The van der Waals surface area contributed by atoms with Crippen LogP contribution in [0.5, 0.6) is 0 Å². The Morgan fingerprint density at radius 3 is 2.43 bits per heavy atom. The first-order chi connectivity index (χ1) is 13.7. The lowest BCUT2D eigenvalue weighted by molar-refractivity contribution is -0.123. The van der Waals surface area contributed by atoms with Crippen LogP contribution in [0.2, 0.25) is 0 Å². The zero-order valence-electron chi connectivity index (χ0n) is 16.1. The topological polar surface area (TPSA) is 50.8 Å². The van der Waals surface area contributed by atoms with E-state index in [1.165, 1.54) is 12.1 Å². The van der Waals surface area contributed by atoms with Crippen molar-refractivity contribution in [3.8, 4) is 0 Å². The number of methoxy groups -OCH3 is 1. The second-order valence-corrected chi connectivity index (χ2v) is 6.91. The molecule has 150 valence electrons. The zero-order chi connectivity index (χ0) is 19.8. The summed E-state index contributed by atoms with van der Waals surface area (Å²) in [5, 5.41) is 2.92. The van der Waals surface area contributed by atoms with E-state index in [2.05, 4.69) is 10.2 Å².